The lowest BCUT2D eigenvalue weighted by Gasteiger charge is -2.41. The van der Waals surface area contributed by atoms with Gasteiger partial charge in [-0.3, -0.25) is 0 Å². The summed E-state index contributed by atoms with van der Waals surface area (Å²) in [6.07, 6.45) is 1.80. The maximum Gasteiger partial charge on any atom is 0.243 e. The van der Waals surface area contributed by atoms with E-state index in [4.69, 9.17) is 4.98 Å². The van der Waals surface area contributed by atoms with E-state index in [1.807, 2.05) is 37.3 Å². The van der Waals surface area contributed by atoms with E-state index in [1.165, 1.54) is 10.8 Å². The molecule has 0 amide bonds. The molecule has 0 bridgehead atoms. The van der Waals surface area contributed by atoms with Crippen LogP contribution in [0.2, 0.25) is 0 Å². The number of sulfonamides is 1. The van der Waals surface area contributed by atoms with Gasteiger partial charge in [0.05, 0.1) is 10.6 Å². The van der Waals surface area contributed by atoms with Crippen molar-refractivity contribution in [3.05, 3.63) is 84.6 Å². The highest BCUT2D eigenvalue weighted by atomic mass is 32.2. The van der Waals surface area contributed by atoms with Gasteiger partial charge in [0.2, 0.25) is 16.0 Å². The van der Waals surface area contributed by atoms with Crippen LogP contribution in [0.25, 0.3) is 22.0 Å². The Kier molecular flexibility index (Phi) is 6.77. The summed E-state index contributed by atoms with van der Waals surface area (Å²) in [4.78, 5) is 11.8. The van der Waals surface area contributed by atoms with E-state index in [0.29, 0.717) is 23.9 Å². The van der Waals surface area contributed by atoms with Gasteiger partial charge in [-0.25, -0.2) is 18.4 Å². The van der Waals surface area contributed by atoms with Crippen molar-refractivity contribution in [2.45, 2.75) is 25.7 Å². The third kappa shape index (κ3) is 5.13. The maximum atomic E-state index is 13.4. The second kappa shape index (κ2) is 9.99. The van der Waals surface area contributed by atoms with E-state index in [-0.39, 0.29) is 11.8 Å². The van der Waals surface area contributed by atoms with Gasteiger partial charge in [-0.05, 0) is 47.9 Å². The van der Waals surface area contributed by atoms with Gasteiger partial charge in [0.1, 0.15) is 0 Å². The number of benzene rings is 3. The highest BCUT2D eigenvalue weighted by molar-refractivity contribution is 7.89. The Morgan fingerprint density at radius 3 is 2.42 bits per heavy atom. The molecule has 6 nitrogen and oxygen atoms in total. The van der Waals surface area contributed by atoms with E-state index < -0.39 is 10.0 Å². The fraction of sp³-hybridized carbons (Fsp3) is 0.310. The second-order valence-corrected chi connectivity index (χ2v) is 12.0. The van der Waals surface area contributed by atoms with Gasteiger partial charge < -0.3 is 4.90 Å². The second-order valence-electron chi connectivity index (χ2n) is 10.1. The average Bonchev–Trinajstić information content (AvgIpc) is 2.85. The molecule has 0 atom stereocenters. The summed E-state index contributed by atoms with van der Waals surface area (Å²) >= 11 is 0. The van der Waals surface area contributed by atoms with E-state index >= 15 is 0 Å². The molecular weight excluding hydrogens is 468 g/mol. The Morgan fingerprint density at radius 2 is 1.69 bits per heavy atom. The molecule has 0 radical (unpaired) electrons. The fourth-order valence-electron chi connectivity index (χ4n) is 4.68. The molecule has 0 N–H and O–H groups in total. The van der Waals surface area contributed by atoms with Crippen molar-refractivity contribution >= 4 is 26.7 Å². The van der Waals surface area contributed by atoms with E-state index in [9.17, 15) is 8.42 Å². The zero-order valence-electron chi connectivity index (χ0n) is 21.0. The predicted molar refractivity (Wildman–Crippen MR) is 145 cm³/mol. The Labute approximate surface area is 213 Å². The highest BCUT2D eigenvalue weighted by Crippen LogP contribution is 2.28. The van der Waals surface area contributed by atoms with Crippen LogP contribution in [0.5, 0.6) is 0 Å². The number of hydrogen-bond acceptors (Lipinski definition) is 5. The van der Waals surface area contributed by atoms with Crippen LogP contribution in [0.1, 0.15) is 19.4 Å². The number of aromatic nitrogens is 2. The van der Waals surface area contributed by atoms with E-state index in [2.05, 4.69) is 54.1 Å². The Morgan fingerprint density at radius 1 is 0.972 bits per heavy atom. The Hall–Kier alpha value is -3.29. The van der Waals surface area contributed by atoms with Crippen molar-refractivity contribution in [3.8, 4) is 11.3 Å². The van der Waals surface area contributed by atoms with Gasteiger partial charge in [-0.1, -0.05) is 67.9 Å². The Balaban J connectivity index is 1.29. The summed E-state index contributed by atoms with van der Waals surface area (Å²) in [6, 6.07) is 23.7. The monoisotopic (exact) mass is 500 g/mol. The van der Waals surface area contributed by atoms with Crippen LogP contribution in [-0.2, 0) is 10.0 Å². The first-order valence-corrected chi connectivity index (χ1v) is 13.9. The number of anilines is 1. The van der Waals surface area contributed by atoms with Gasteiger partial charge in [-0.2, -0.15) is 4.31 Å². The van der Waals surface area contributed by atoms with Crippen molar-refractivity contribution in [2.75, 3.05) is 31.1 Å². The van der Waals surface area contributed by atoms with Gasteiger partial charge >= 0.3 is 0 Å². The lowest BCUT2D eigenvalue weighted by atomic mass is 10.0. The summed E-state index contributed by atoms with van der Waals surface area (Å²) < 4.78 is 28.4. The SMILES string of the molecule is Cc1ccc(S(=O)(=O)N(CC(C)C)CC2CN(c3nccc(-c4ccc5ccccc5c4)n3)C2)cc1. The zero-order chi connectivity index (χ0) is 25.3. The fourth-order valence-corrected chi connectivity index (χ4v) is 6.36. The third-order valence-electron chi connectivity index (χ3n) is 6.62. The number of hydrogen-bond donors (Lipinski definition) is 0. The largest absolute Gasteiger partial charge is 0.340 e. The number of nitrogens with zero attached hydrogens (tertiary/aromatic N) is 4. The van der Waals surface area contributed by atoms with E-state index in [0.717, 1.165) is 29.9 Å². The molecule has 36 heavy (non-hydrogen) atoms. The van der Waals surface area contributed by atoms with Gasteiger partial charge in [0.15, 0.2) is 0 Å². The van der Waals surface area contributed by atoms with Crippen LogP contribution < -0.4 is 4.90 Å². The summed E-state index contributed by atoms with van der Waals surface area (Å²) in [5.74, 6) is 1.16. The summed E-state index contributed by atoms with van der Waals surface area (Å²) in [6.45, 7) is 8.53. The molecular formula is C29H32N4O2S. The molecule has 1 aliphatic rings. The molecule has 5 rings (SSSR count). The van der Waals surface area contributed by atoms with Crippen molar-refractivity contribution in [3.63, 3.8) is 0 Å². The minimum atomic E-state index is -3.54. The lowest BCUT2D eigenvalue weighted by Crippen LogP contribution is -2.53. The maximum absolute atomic E-state index is 13.4. The number of aryl methyl sites for hydroxylation is 1. The normalized spacial score (nSPS) is 14.5. The highest BCUT2D eigenvalue weighted by Gasteiger charge is 2.34. The smallest absolute Gasteiger partial charge is 0.243 e. The van der Waals surface area contributed by atoms with Crippen molar-refractivity contribution in [2.24, 2.45) is 11.8 Å². The van der Waals surface area contributed by atoms with Crippen molar-refractivity contribution in [1.82, 2.24) is 14.3 Å². The molecule has 7 heteroatoms. The minimum Gasteiger partial charge on any atom is -0.340 e. The standard InChI is InChI=1S/C29H32N4O2S/c1-21(2)17-33(36(34,35)27-12-8-22(3)9-13-27)20-23-18-32(19-23)29-30-15-14-28(31-29)26-11-10-24-6-4-5-7-25(24)16-26/h4-16,21,23H,17-20H2,1-3H3. The lowest BCUT2D eigenvalue weighted by molar-refractivity contribution is 0.279. The first-order chi connectivity index (χ1) is 17.3. The molecule has 1 aliphatic heterocycles. The summed E-state index contributed by atoms with van der Waals surface area (Å²) in [5, 5.41) is 2.38. The molecule has 0 saturated carbocycles. The molecule has 4 aromatic rings. The summed E-state index contributed by atoms with van der Waals surface area (Å²) in [7, 11) is -3.54. The molecule has 1 saturated heterocycles. The van der Waals surface area contributed by atoms with E-state index in [1.54, 1.807) is 22.6 Å². The van der Waals surface area contributed by atoms with Crippen molar-refractivity contribution < 1.29 is 8.42 Å². The first kappa shape index (κ1) is 24.4. The van der Waals surface area contributed by atoms with Crippen LogP contribution >= 0.6 is 0 Å². The molecule has 1 aromatic heterocycles. The Bertz CT molecular complexity index is 1460. The molecule has 2 heterocycles. The minimum absolute atomic E-state index is 0.233. The third-order valence-corrected chi connectivity index (χ3v) is 8.46. The quantitative estimate of drug-likeness (QED) is 0.325. The average molecular weight is 501 g/mol. The molecule has 1 fully saturated rings. The molecule has 0 aliphatic carbocycles. The van der Waals surface area contributed by atoms with Crippen LogP contribution in [0, 0.1) is 18.8 Å². The molecule has 3 aromatic carbocycles. The van der Waals surface area contributed by atoms with Crippen LogP contribution in [-0.4, -0.2) is 48.9 Å². The van der Waals surface area contributed by atoms with Gasteiger partial charge in [0.25, 0.3) is 0 Å². The molecule has 186 valence electrons. The summed E-state index contributed by atoms with van der Waals surface area (Å²) in [5.41, 5.74) is 2.99. The first-order valence-electron chi connectivity index (χ1n) is 12.4. The van der Waals surface area contributed by atoms with Crippen LogP contribution in [0.4, 0.5) is 5.95 Å². The zero-order valence-corrected chi connectivity index (χ0v) is 21.8. The predicted octanol–water partition coefficient (Wildman–Crippen LogP) is 5.39. The number of fused-ring (bicyclic) bond motifs is 1. The van der Waals surface area contributed by atoms with Gasteiger partial charge in [0, 0.05) is 43.9 Å². The number of rotatable bonds is 8. The van der Waals surface area contributed by atoms with Crippen molar-refractivity contribution in [1.29, 1.82) is 0 Å². The topological polar surface area (TPSA) is 66.4 Å². The molecule has 0 unspecified atom stereocenters. The van der Waals surface area contributed by atoms with Crippen LogP contribution in [0.15, 0.2) is 83.9 Å². The van der Waals surface area contributed by atoms with Crippen LogP contribution in [0.3, 0.4) is 0 Å². The van der Waals surface area contributed by atoms with Gasteiger partial charge in [-0.15, -0.1) is 0 Å². The molecule has 0 spiro atoms.